The van der Waals surface area contributed by atoms with E-state index in [4.69, 9.17) is 11.6 Å². The Hall–Kier alpha value is -0.530. The molecule has 16 heavy (non-hydrogen) atoms. The number of nitrogens with one attached hydrogen (secondary N) is 1. The van der Waals surface area contributed by atoms with Crippen LogP contribution in [-0.2, 0) is 5.54 Å². The maximum Gasteiger partial charge on any atom is 0.0434 e. The maximum atomic E-state index is 6.02. The van der Waals surface area contributed by atoms with Crippen molar-refractivity contribution in [2.45, 2.75) is 44.6 Å². The highest BCUT2D eigenvalue weighted by Crippen LogP contribution is 2.38. The lowest BCUT2D eigenvalue weighted by Crippen LogP contribution is -2.42. The second-order valence-corrected chi connectivity index (χ2v) is 5.29. The largest absolute Gasteiger partial charge is 0.310 e. The van der Waals surface area contributed by atoms with Gasteiger partial charge in [0, 0.05) is 10.6 Å². The lowest BCUT2D eigenvalue weighted by Gasteiger charge is -2.38. The monoisotopic (exact) mass is 237 g/mol. The number of halogens is 1. The molecule has 2 rings (SSSR count). The van der Waals surface area contributed by atoms with Gasteiger partial charge in [0.25, 0.3) is 0 Å². The van der Waals surface area contributed by atoms with Crippen LogP contribution in [0.25, 0.3) is 0 Å². The molecule has 1 aliphatic carbocycles. The van der Waals surface area contributed by atoms with Gasteiger partial charge in [-0.3, -0.25) is 0 Å². The molecule has 1 aromatic rings. The molecule has 0 saturated heterocycles. The number of benzene rings is 1. The molecule has 0 radical (unpaired) electrons. The Bertz CT molecular complexity index is 367. The molecule has 1 nitrogen and oxygen atoms in total. The molecule has 88 valence electrons. The van der Waals surface area contributed by atoms with E-state index in [1.54, 1.807) is 0 Å². The van der Waals surface area contributed by atoms with Crippen LogP contribution in [0.1, 0.15) is 43.2 Å². The van der Waals surface area contributed by atoms with Crippen molar-refractivity contribution in [2.75, 3.05) is 7.05 Å². The van der Waals surface area contributed by atoms with Crippen LogP contribution < -0.4 is 5.32 Å². The first kappa shape index (κ1) is 11.9. The first-order valence-electron chi connectivity index (χ1n) is 6.13. The number of rotatable bonds is 2. The minimum Gasteiger partial charge on any atom is -0.310 e. The van der Waals surface area contributed by atoms with E-state index in [2.05, 4.69) is 31.4 Å². The highest BCUT2D eigenvalue weighted by atomic mass is 35.5. The van der Waals surface area contributed by atoms with Crippen molar-refractivity contribution in [3.63, 3.8) is 0 Å². The van der Waals surface area contributed by atoms with Crippen LogP contribution in [0.4, 0.5) is 0 Å². The summed E-state index contributed by atoms with van der Waals surface area (Å²) in [6.07, 6.45) is 6.50. The Morgan fingerprint density at radius 3 is 2.44 bits per heavy atom. The van der Waals surface area contributed by atoms with E-state index < -0.39 is 0 Å². The molecule has 0 amide bonds. The van der Waals surface area contributed by atoms with Crippen LogP contribution in [0.5, 0.6) is 0 Å². The van der Waals surface area contributed by atoms with Crippen LogP contribution in [0.3, 0.4) is 0 Å². The molecular formula is C14H20ClN. The topological polar surface area (TPSA) is 12.0 Å². The minimum absolute atomic E-state index is 0.187. The van der Waals surface area contributed by atoms with Crippen molar-refractivity contribution in [2.24, 2.45) is 0 Å². The van der Waals surface area contributed by atoms with Crippen LogP contribution in [0.2, 0.25) is 5.02 Å². The van der Waals surface area contributed by atoms with Crippen molar-refractivity contribution in [1.82, 2.24) is 5.32 Å². The lowest BCUT2D eigenvalue weighted by molar-refractivity contribution is 0.249. The molecule has 1 aliphatic rings. The summed E-state index contributed by atoms with van der Waals surface area (Å²) in [5.74, 6) is 0. The van der Waals surface area contributed by atoms with Crippen LogP contribution in [-0.4, -0.2) is 7.05 Å². The quantitative estimate of drug-likeness (QED) is 0.819. The average molecular weight is 238 g/mol. The molecule has 0 heterocycles. The molecule has 1 aromatic carbocycles. The summed E-state index contributed by atoms with van der Waals surface area (Å²) < 4.78 is 0. The second-order valence-electron chi connectivity index (χ2n) is 4.85. The summed E-state index contributed by atoms with van der Waals surface area (Å²) in [6, 6.07) is 6.28. The second kappa shape index (κ2) is 4.77. The fourth-order valence-corrected chi connectivity index (χ4v) is 3.20. The number of aryl methyl sites for hydroxylation is 1. The maximum absolute atomic E-state index is 6.02. The highest BCUT2D eigenvalue weighted by molar-refractivity contribution is 6.30. The first-order chi connectivity index (χ1) is 7.68. The van der Waals surface area contributed by atoms with Crippen molar-refractivity contribution >= 4 is 11.6 Å². The average Bonchev–Trinajstić information content (AvgIpc) is 2.30. The van der Waals surface area contributed by atoms with E-state index >= 15 is 0 Å². The van der Waals surface area contributed by atoms with Gasteiger partial charge >= 0.3 is 0 Å². The predicted molar refractivity (Wildman–Crippen MR) is 70.0 cm³/mol. The van der Waals surface area contributed by atoms with Crippen LogP contribution in [0.15, 0.2) is 18.2 Å². The third-order valence-corrected chi connectivity index (χ3v) is 4.12. The Kier molecular flexibility index (Phi) is 3.56. The summed E-state index contributed by atoms with van der Waals surface area (Å²) in [7, 11) is 2.08. The van der Waals surface area contributed by atoms with E-state index in [0.717, 1.165) is 5.02 Å². The van der Waals surface area contributed by atoms with Crippen LogP contribution in [0, 0.1) is 6.92 Å². The summed E-state index contributed by atoms with van der Waals surface area (Å²) in [4.78, 5) is 0. The molecular weight excluding hydrogens is 218 g/mol. The van der Waals surface area contributed by atoms with Gasteiger partial charge in [0.15, 0.2) is 0 Å². The van der Waals surface area contributed by atoms with Gasteiger partial charge in [-0.25, -0.2) is 0 Å². The Morgan fingerprint density at radius 2 is 1.88 bits per heavy atom. The fourth-order valence-electron chi connectivity index (χ4n) is 2.97. The molecule has 0 aliphatic heterocycles. The zero-order valence-corrected chi connectivity index (χ0v) is 10.9. The zero-order chi connectivity index (χ0) is 11.6. The molecule has 1 N–H and O–H groups in total. The van der Waals surface area contributed by atoms with Crippen molar-refractivity contribution in [1.29, 1.82) is 0 Å². The van der Waals surface area contributed by atoms with Gasteiger partial charge in [0.1, 0.15) is 0 Å². The molecule has 2 heteroatoms. The molecule has 0 atom stereocenters. The number of hydrogen-bond donors (Lipinski definition) is 1. The summed E-state index contributed by atoms with van der Waals surface area (Å²) >= 11 is 6.02. The summed E-state index contributed by atoms with van der Waals surface area (Å²) in [5, 5.41) is 4.39. The van der Waals surface area contributed by atoms with Gasteiger partial charge in [0.05, 0.1) is 0 Å². The van der Waals surface area contributed by atoms with E-state index in [0.29, 0.717) is 0 Å². The lowest BCUT2D eigenvalue weighted by atomic mass is 9.75. The molecule has 1 fully saturated rings. The Balaban J connectivity index is 2.39. The normalized spacial score (nSPS) is 19.7. The Labute approximate surface area is 103 Å². The van der Waals surface area contributed by atoms with Crippen molar-refractivity contribution in [3.8, 4) is 0 Å². The molecule has 1 saturated carbocycles. The van der Waals surface area contributed by atoms with Gasteiger partial charge in [0.2, 0.25) is 0 Å². The predicted octanol–water partition coefficient (Wildman–Crippen LogP) is 4.03. The van der Waals surface area contributed by atoms with E-state index in [9.17, 15) is 0 Å². The third kappa shape index (κ3) is 2.11. The molecule has 0 spiro atoms. The molecule has 0 bridgehead atoms. The summed E-state index contributed by atoms with van der Waals surface area (Å²) in [5.41, 5.74) is 2.93. The van der Waals surface area contributed by atoms with Crippen LogP contribution >= 0.6 is 11.6 Å². The first-order valence-corrected chi connectivity index (χ1v) is 6.51. The van der Waals surface area contributed by atoms with Gasteiger partial charge in [-0.1, -0.05) is 36.9 Å². The van der Waals surface area contributed by atoms with E-state index in [1.165, 1.54) is 43.2 Å². The SMILES string of the molecule is CNC1(c2ccc(Cl)cc2C)CCCCC1. The highest BCUT2D eigenvalue weighted by Gasteiger charge is 2.33. The summed E-state index contributed by atoms with van der Waals surface area (Å²) in [6.45, 7) is 2.16. The zero-order valence-electron chi connectivity index (χ0n) is 10.1. The van der Waals surface area contributed by atoms with Gasteiger partial charge < -0.3 is 5.32 Å². The van der Waals surface area contributed by atoms with Gasteiger partial charge in [-0.2, -0.15) is 0 Å². The Morgan fingerprint density at radius 1 is 1.19 bits per heavy atom. The van der Waals surface area contributed by atoms with Gasteiger partial charge in [-0.15, -0.1) is 0 Å². The van der Waals surface area contributed by atoms with Crippen molar-refractivity contribution < 1.29 is 0 Å². The van der Waals surface area contributed by atoms with Gasteiger partial charge in [-0.05, 0) is 50.1 Å². The van der Waals surface area contributed by atoms with E-state index in [-0.39, 0.29) is 5.54 Å². The standard InChI is InChI=1S/C14H20ClN/c1-11-10-12(15)6-7-13(11)14(16-2)8-4-3-5-9-14/h6-7,10,16H,3-5,8-9H2,1-2H3. The smallest absolute Gasteiger partial charge is 0.0434 e. The van der Waals surface area contributed by atoms with Crippen molar-refractivity contribution in [3.05, 3.63) is 34.3 Å². The van der Waals surface area contributed by atoms with E-state index in [1.807, 2.05) is 6.07 Å². The molecule has 0 unspecified atom stereocenters. The number of hydrogen-bond acceptors (Lipinski definition) is 1. The minimum atomic E-state index is 0.187. The third-order valence-electron chi connectivity index (χ3n) is 3.89. The molecule has 0 aromatic heterocycles. The fraction of sp³-hybridized carbons (Fsp3) is 0.571.